The van der Waals surface area contributed by atoms with E-state index in [-0.39, 0.29) is 5.41 Å². The average Bonchev–Trinajstić information content (AvgIpc) is 3.17. The fraction of sp³-hybridized carbons (Fsp3) is 0.387. The molecule has 0 bridgehead atoms. The third kappa shape index (κ3) is 4.84. The molecule has 0 aliphatic heterocycles. The highest BCUT2D eigenvalue weighted by Gasteiger charge is 2.53. The first kappa shape index (κ1) is 24.7. The summed E-state index contributed by atoms with van der Waals surface area (Å²) in [5.41, 5.74) is 2.63. The van der Waals surface area contributed by atoms with Gasteiger partial charge in [-0.2, -0.15) is 0 Å². The van der Waals surface area contributed by atoms with Crippen LogP contribution in [0.3, 0.4) is 0 Å². The molecule has 1 spiro atoms. The Bertz CT molecular complexity index is 1200. The number of hydrogen-bond acceptors (Lipinski definition) is 3. The van der Waals surface area contributed by atoms with E-state index in [0.29, 0.717) is 36.3 Å². The summed E-state index contributed by atoms with van der Waals surface area (Å²) in [5, 5.41) is 14.3. The zero-order chi connectivity index (χ0) is 25.2. The summed E-state index contributed by atoms with van der Waals surface area (Å²) >= 11 is 6.18. The first-order chi connectivity index (χ1) is 17.4. The van der Waals surface area contributed by atoms with Crippen molar-refractivity contribution in [1.29, 1.82) is 0 Å². The minimum atomic E-state index is -0.986. The second-order valence-electron chi connectivity index (χ2n) is 10.7. The summed E-state index contributed by atoms with van der Waals surface area (Å²) < 4.78 is 6.07. The van der Waals surface area contributed by atoms with Crippen molar-refractivity contribution in [2.24, 2.45) is 11.8 Å². The van der Waals surface area contributed by atoms with Gasteiger partial charge < -0.3 is 15.2 Å². The van der Waals surface area contributed by atoms with E-state index >= 15 is 0 Å². The molecule has 188 valence electrons. The summed E-state index contributed by atoms with van der Waals surface area (Å²) in [4.78, 5) is 12.6. The van der Waals surface area contributed by atoms with Crippen LogP contribution in [0.5, 0.6) is 5.75 Å². The van der Waals surface area contributed by atoms with Gasteiger partial charge in [0.2, 0.25) is 0 Å². The number of ether oxygens (including phenoxy) is 1. The van der Waals surface area contributed by atoms with Crippen LogP contribution in [0, 0.1) is 11.8 Å². The van der Waals surface area contributed by atoms with Crippen molar-refractivity contribution in [2.45, 2.75) is 56.4 Å². The smallest absolute Gasteiger partial charge is 0.329 e. The zero-order valence-corrected chi connectivity index (χ0v) is 21.5. The molecular formula is C31H34ClNO3. The molecule has 4 nitrogen and oxygen atoms in total. The molecule has 5 rings (SSSR count). The molecule has 2 aliphatic rings. The predicted molar refractivity (Wildman–Crippen MR) is 145 cm³/mol. The number of nitrogens with one attached hydrogen (secondary N) is 1. The maximum absolute atomic E-state index is 12.6. The first-order valence-corrected chi connectivity index (χ1v) is 13.3. The lowest BCUT2D eigenvalue weighted by Gasteiger charge is -2.47. The Labute approximate surface area is 218 Å². The molecule has 1 saturated carbocycles. The van der Waals surface area contributed by atoms with E-state index in [1.54, 1.807) is 12.1 Å². The van der Waals surface area contributed by atoms with Gasteiger partial charge in [0.25, 0.3) is 0 Å². The number of para-hydroxylation sites is 1. The van der Waals surface area contributed by atoms with Crippen LogP contribution in [0.1, 0.15) is 50.2 Å². The first-order valence-electron chi connectivity index (χ1n) is 12.9. The minimum absolute atomic E-state index is 0.00651. The van der Waals surface area contributed by atoms with E-state index in [0.717, 1.165) is 37.1 Å². The lowest BCUT2D eigenvalue weighted by Crippen LogP contribution is -2.53. The molecule has 1 unspecified atom stereocenters. The summed E-state index contributed by atoms with van der Waals surface area (Å²) in [6.07, 6.45) is 4.96. The normalized spacial score (nSPS) is 25.8. The second-order valence-corrected chi connectivity index (χ2v) is 11.1. The average molecular weight is 504 g/mol. The zero-order valence-electron chi connectivity index (χ0n) is 20.8. The van der Waals surface area contributed by atoms with E-state index < -0.39 is 11.5 Å². The van der Waals surface area contributed by atoms with Crippen molar-refractivity contribution in [3.63, 3.8) is 0 Å². The third-order valence-corrected chi connectivity index (χ3v) is 8.61. The third-order valence-electron chi connectivity index (χ3n) is 8.38. The van der Waals surface area contributed by atoms with Gasteiger partial charge in [0.1, 0.15) is 11.3 Å². The van der Waals surface area contributed by atoms with Gasteiger partial charge in [0.05, 0.1) is 6.61 Å². The number of hydrogen-bond donors (Lipinski definition) is 2. The number of carbonyl (C=O) groups is 1. The van der Waals surface area contributed by atoms with Gasteiger partial charge in [-0.15, -0.1) is 0 Å². The Hall–Kier alpha value is -2.98. The molecule has 0 saturated heterocycles. The molecule has 1 fully saturated rings. The topological polar surface area (TPSA) is 58.6 Å². The van der Waals surface area contributed by atoms with Crippen molar-refractivity contribution in [3.8, 4) is 5.75 Å². The van der Waals surface area contributed by atoms with E-state index in [4.69, 9.17) is 16.3 Å². The van der Waals surface area contributed by atoms with Gasteiger partial charge in [0, 0.05) is 10.7 Å². The van der Waals surface area contributed by atoms with Crippen LogP contribution in [-0.4, -0.2) is 23.2 Å². The molecular weight excluding hydrogens is 470 g/mol. The van der Waals surface area contributed by atoms with E-state index in [2.05, 4.69) is 36.5 Å². The molecule has 36 heavy (non-hydrogen) atoms. The monoisotopic (exact) mass is 503 g/mol. The van der Waals surface area contributed by atoms with Gasteiger partial charge >= 0.3 is 5.97 Å². The molecule has 0 heterocycles. The van der Waals surface area contributed by atoms with E-state index in [1.165, 1.54) is 11.1 Å². The van der Waals surface area contributed by atoms with Crippen molar-refractivity contribution in [1.82, 2.24) is 0 Å². The SMILES string of the molecule is C[C@H](COc1ccccc1)CC1Cc2ccccc2C12CCC(Nc1cccc(Cl)c1)(C(=O)O)CC2. The Morgan fingerprint density at radius 3 is 2.47 bits per heavy atom. The Kier molecular flexibility index (Phi) is 6.98. The Morgan fingerprint density at radius 1 is 1.03 bits per heavy atom. The molecule has 2 N–H and O–H groups in total. The number of fused-ring (bicyclic) bond motifs is 2. The Morgan fingerprint density at radius 2 is 1.75 bits per heavy atom. The Balaban J connectivity index is 1.35. The van der Waals surface area contributed by atoms with Crippen LogP contribution >= 0.6 is 11.6 Å². The molecule has 2 aliphatic carbocycles. The number of rotatable bonds is 8. The van der Waals surface area contributed by atoms with Gasteiger partial charge in [-0.25, -0.2) is 4.79 Å². The minimum Gasteiger partial charge on any atom is -0.493 e. The highest BCUT2D eigenvalue weighted by atomic mass is 35.5. The van der Waals surface area contributed by atoms with Crippen LogP contribution in [0.25, 0.3) is 0 Å². The molecule has 0 aromatic heterocycles. The van der Waals surface area contributed by atoms with Crippen molar-refractivity contribution < 1.29 is 14.6 Å². The second kappa shape index (κ2) is 10.2. The maximum Gasteiger partial charge on any atom is 0.329 e. The number of benzene rings is 3. The molecule has 0 amide bonds. The van der Waals surface area contributed by atoms with Gasteiger partial charge in [-0.3, -0.25) is 0 Å². The molecule has 0 radical (unpaired) electrons. The lowest BCUT2D eigenvalue weighted by atomic mass is 9.59. The fourth-order valence-electron chi connectivity index (χ4n) is 6.52. The predicted octanol–water partition coefficient (Wildman–Crippen LogP) is 7.36. The highest BCUT2D eigenvalue weighted by molar-refractivity contribution is 6.30. The van der Waals surface area contributed by atoms with Crippen molar-refractivity contribution in [2.75, 3.05) is 11.9 Å². The quantitative estimate of drug-likeness (QED) is 0.337. The van der Waals surface area contributed by atoms with Crippen molar-refractivity contribution >= 4 is 23.3 Å². The fourth-order valence-corrected chi connectivity index (χ4v) is 6.71. The summed E-state index contributed by atoms with van der Waals surface area (Å²) in [6.45, 7) is 2.95. The van der Waals surface area contributed by atoms with Crippen LogP contribution in [0.4, 0.5) is 5.69 Å². The van der Waals surface area contributed by atoms with Gasteiger partial charge in [-0.05, 0) is 97.2 Å². The maximum atomic E-state index is 12.6. The number of carboxylic acids is 1. The number of carboxylic acid groups (broad SMARTS) is 1. The van der Waals surface area contributed by atoms with Crippen LogP contribution in [0.15, 0.2) is 78.9 Å². The standard InChI is InChI=1S/C31H34ClNO3/c1-22(21-36-27-11-3-2-4-12-27)18-24-19-23-8-5-6-13-28(23)30(24)14-16-31(17-15-30,29(34)35)33-26-10-7-9-25(32)20-26/h2-13,20,22,24,33H,14-19,21H2,1H3,(H,34,35)/t22-,24?,30?,31?/m0/s1. The van der Waals surface area contributed by atoms with Gasteiger partial charge in [-0.1, -0.05) is 67.1 Å². The van der Waals surface area contributed by atoms with Crippen molar-refractivity contribution in [3.05, 3.63) is 95.0 Å². The number of anilines is 1. The number of halogens is 1. The largest absolute Gasteiger partial charge is 0.493 e. The summed E-state index contributed by atoms with van der Waals surface area (Å²) in [5.74, 6) is 0.994. The van der Waals surface area contributed by atoms with E-state index in [1.807, 2.05) is 42.5 Å². The number of aliphatic carboxylic acids is 1. The van der Waals surface area contributed by atoms with E-state index in [9.17, 15) is 9.90 Å². The van der Waals surface area contributed by atoms with Crippen LogP contribution < -0.4 is 10.1 Å². The van der Waals surface area contributed by atoms with Gasteiger partial charge in [0.15, 0.2) is 0 Å². The summed E-state index contributed by atoms with van der Waals surface area (Å²) in [7, 11) is 0. The molecule has 3 aromatic rings. The highest BCUT2D eigenvalue weighted by Crippen LogP contribution is 2.56. The van der Waals surface area contributed by atoms with Crippen LogP contribution in [0.2, 0.25) is 5.02 Å². The summed E-state index contributed by atoms with van der Waals surface area (Å²) in [6, 6.07) is 26.1. The molecule has 5 heteroatoms. The molecule has 3 aromatic carbocycles. The van der Waals surface area contributed by atoms with Crippen LogP contribution in [-0.2, 0) is 16.6 Å². The molecule has 2 atom stereocenters. The lowest BCUT2D eigenvalue weighted by molar-refractivity contribution is -0.144.